The lowest BCUT2D eigenvalue weighted by molar-refractivity contribution is -0.140. The highest BCUT2D eigenvalue weighted by atomic mass is 32.2. The maximum absolute atomic E-state index is 12.2. The minimum Gasteiger partial charge on any atom is -0.480 e. The van der Waals surface area contributed by atoms with E-state index >= 15 is 0 Å². The Morgan fingerprint density at radius 2 is 2.16 bits per heavy atom. The molecule has 112 valence electrons. The fourth-order valence-corrected chi connectivity index (χ4v) is 3.87. The van der Waals surface area contributed by atoms with E-state index in [9.17, 15) is 13.2 Å². The average molecular weight is 292 g/mol. The topological polar surface area (TPSA) is 86.7 Å². The van der Waals surface area contributed by atoms with Gasteiger partial charge in [0.05, 0.1) is 0 Å². The second-order valence-corrected chi connectivity index (χ2v) is 7.13. The number of nitrogens with one attached hydrogen (secondary N) is 1. The van der Waals surface area contributed by atoms with Gasteiger partial charge in [0, 0.05) is 13.1 Å². The number of hydrogen-bond donors (Lipinski definition) is 2. The van der Waals surface area contributed by atoms with Gasteiger partial charge >= 0.3 is 5.97 Å². The van der Waals surface area contributed by atoms with Crippen LogP contribution in [0.5, 0.6) is 0 Å². The first kappa shape index (κ1) is 16.4. The Balaban J connectivity index is 2.79. The summed E-state index contributed by atoms with van der Waals surface area (Å²) in [5.74, 6) is -1.05. The zero-order chi connectivity index (χ0) is 14.6. The second kappa shape index (κ2) is 6.67. The van der Waals surface area contributed by atoms with Crippen molar-refractivity contribution in [1.82, 2.24) is 9.03 Å². The molecule has 1 aliphatic heterocycles. The van der Waals surface area contributed by atoms with Gasteiger partial charge in [-0.1, -0.05) is 27.2 Å². The molecule has 1 saturated heterocycles. The molecular formula is C12H24N2O4S. The van der Waals surface area contributed by atoms with Gasteiger partial charge in [-0.05, 0) is 24.7 Å². The van der Waals surface area contributed by atoms with Crippen molar-refractivity contribution in [2.75, 3.05) is 13.1 Å². The van der Waals surface area contributed by atoms with Crippen LogP contribution in [0.3, 0.4) is 0 Å². The summed E-state index contributed by atoms with van der Waals surface area (Å²) in [4.78, 5) is 11.2. The van der Waals surface area contributed by atoms with E-state index in [-0.39, 0.29) is 5.92 Å². The van der Waals surface area contributed by atoms with Gasteiger partial charge < -0.3 is 5.11 Å². The van der Waals surface area contributed by atoms with Gasteiger partial charge in [-0.15, -0.1) is 0 Å². The second-order valence-electron chi connectivity index (χ2n) is 5.43. The smallest absolute Gasteiger partial charge is 0.322 e. The Morgan fingerprint density at radius 3 is 2.63 bits per heavy atom. The number of rotatable bonds is 6. The fourth-order valence-electron chi connectivity index (χ4n) is 2.25. The van der Waals surface area contributed by atoms with Crippen LogP contribution >= 0.6 is 0 Å². The summed E-state index contributed by atoms with van der Waals surface area (Å²) >= 11 is 0. The lowest BCUT2D eigenvalue weighted by Gasteiger charge is -2.31. The van der Waals surface area contributed by atoms with Gasteiger partial charge in [0.1, 0.15) is 6.04 Å². The molecule has 3 atom stereocenters. The molecule has 0 aromatic heterocycles. The van der Waals surface area contributed by atoms with Crippen LogP contribution in [-0.4, -0.2) is 42.9 Å². The van der Waals surface area contributed by atoms with Crippen molar-refractivity contribution in [3.05, 3.63) is 0 Å². The monoisotopic (exact) mass is 292 g/mol. The predicted molar refractivity (Wildman–Crippen MR) is 72.9 cm³/mol. The summed E-state index contributed by atoms with van der Waals surface area (Å²) in [6, 6.07) is -1.06. The third-order valence-corrected chi connectivity index (χ3v) is 5.28. The Morgan fingerprint density at radius 1 is 1.53 bits per heavy atom. The highest BCUT2D eigenvalue weighted by Crippen LogP contribution is 2.19. The molecule has 0 amide bonds. The van der Waals surface area contributed by atoms with Crippen LogP contribution in [0.25, 0.3) is 0 Å². The first-order valence-corrected chi connectivity index (χ1v) is 8.22. The summed E-state index contributed by atoms with van der Waals surface area (Å²) in [5.41, 5.74) is 0. The maximum Gasteiger partial charge on any atom is 0.322 e. The van der Waals surface area contributed by atoms with Crippen molar-refractivity contribution >= 4 is 16.2 Å². The number of nitrogens with zero attached hydrogens (tertiary/aromatic N) is 1. The lowest BCUT2D eigenvalue weighted by atomic mass is 10.0. The third-order valence-electron chi connectivity index (χ3n) is 3.71. The molecule has 6 nitrogen and oxygen atoms in total. The van der Waals surface area contributed by atoms with Crippen LogP contribution in [0.2, 0.25) is 0 Å². The molecule has 0 saturated carbocycles. The number of piperidine rings is 1. The maximum atomic E-state index is 12.2. The molecule has 7 heteroatoms. The standard InChI is InChI=1S/C12H24N2O4S/c1-4-10(3)11(12(15)16)13-19(17,18)14-7-5-6-9(2)8-14/h9-11,13H,4-8H2,1-3H3,(H,15,16)/t9?,10-,11-/m0/s1. The van der Waals surface area contributed by atoms with Crippen molar-refractivity contribution in [3.63, 3.8) is 0 Å². The zero-order valence-corrected chi connectivity index (χ0v) is 12.6. The molecule has 1 heterocycles. The summed E-state index contributed by atoms with van der Waals surface area (Å²) in [7, 11) is -3.71. The van der Waals surface area contributed by atoms with Gasteiger partial charge in [-0.2, -0.15) is 17.4 Å². The molecule has 19 heavy (non-hydrogen) atoms. The van der Waals surface area contributed by atoms with Crippen molar-refractivity contribution in [2.24, 2.45) is 11.8 Å². The first-order chi connectivity index (χ1) is 8.77. The Kier molecular flexibility index (Phi) is 5.76. The molecule has 0 radical (unpaired) electrons. The quantitative estimate of drug-likeness (QED) is 0.766. The number of aliphatic carboxylic acids is 1. The van der Waals surface area contributed by atoms with E-state index in [1.807, 2.05) is 13.8 Å². The summed E-state index contributed by atoms with van der Waals surface area (Å²) < 4.78 is 28.1. The van der Waals surface area contributed by atoms with Crippen LogP contribution in [0.1, 0.15) is 40.0 Å². The molecular weight excluding hydrogens is 268 g/mol. The minimum atomic E-state index is -3.71. The van der Waals surface area contributed by atoms with E-state index in [1.165, 1.54) is 4.31 Å². The highest BCUT2D eigenvalue weighted by Gasteiger charge is 2.33. The van der Waals surface area contributed by atoms with E-state index in [0.717, 1.165) is 12.8 Å². The van der Waals surface area contributed by atoms with E-state index in [2.05, 4.69) is 4.72 Å². The average Bonchev–Trinajstić information content (AvgIpc) is 2.35. The molecule has 0 bridgehead atoms. The van der Waals surface area contributed by atoms with Gasteiger partial charge in [0.25, 0.3) is 10.2 Å². The number of carboxylic acid groups (broad SMARTS) is 1. The van der Waals surface area contributed by atoms with Gasteiger partial charge in [-0.3, -0.25) is 4.79 Å². The SMILES string of the molecule is CC[C@H](C)[C@H](NS(=O)(=O)N1CCCC(C)C1)C(=O)O. The van der Waals surface area contributed by atoms with E-state index < -0.39 is 22.2 Å². The molecule has 0 aliphatic carbocycles. The molecule has 1 aliphatic rings. The zero-order valence-electron chi connectivity index (χ0n) is 11.8. The lowest BCUT2D eigenvalue weighted by Crippen LogP contribution is -2.52. The van der Waals surface area contributed by atoms with Gasteiger partial charge in [0.2, 0.25) is 0 Å². The van der Waals surface area contributed by atoms with E-state index in [4.69, 9.17) is 5.11 Å². The molecule has 0 aromatic rings. The van der Waals surface area contributed by atoms with Crippen molar-refractivity contribution < 1.29 is 18.3 Å². The predicted octanol–water partition coefficient (Wildman–Crippen LogP) is 1.05. The summed E-state index contributed by atoms with van der Waals surface area (Å²) in [6.07, 6.45) is 2.44. The van der Waals surface area contributed by atoms with Crippen molar-refractivity contribution in [2.45, 2.75) is 46.1 Å². The van der Waals surface area contributed by atoms with Gasteiger partial charge in [-0.25, -0.2) is 0 Å². The van der Waals surface area contributed by atoms with Crippen LogP contribution in [0.15, 0.2) is 0 Å². The van der Waals surface area contributed by atoms with E-state index in [0.29, 0.717) is 25.4 Å². The molecule has 1 unspecified atom stereocenters. The summed E-state index contributed by atoms with van der Waals surface area (Å²) in [6.45, 7) is 6.51. The summed E-state index contributed by atoms with van der Waals surface area (Å²) in [5, 5.41) is 9.14. The Labute approximate surface area is 115 Å². The normalized spacial score (nSPS) is 24.9. The number of carboxylic acids is 1. The third kappa shape index (κ3) is 4.43. The Bertz CT molecular complexity index is 410. The molecule has 0 aromatic carbocycles. The van der Waals surface area contributed by atoms with E-state index in [1.54, 1.807) is 6.92 Å². The van der Waals surface area contributed by atoms with Crippen LogP contribution in [0.4, 0.5) is 0 Å². The molecule has 1 fully saturated rings. The van der Waals surface area contributed by atoms with Crippen LogP contribution in [0, 0.1) is 11.8 Å². The van der Waals surface area contributed by atoms with Crippen LogP contribution < -0.4 is 4.72 Å². The largest absolute Gasteiger partial charge is 0.480 e. The fraction of sp³-hybridized carbons (Fsp3) is 0.917. The van der Waals surface area contributed by atoms with Gasteiger partial charge in [0.15, 0.2) is 0 Å². The molecule has 0 spiro atoms. The van der Waals surface area contributed by atoms with Crippen LogP contribution in [-0.2, 0) is 15.0 Å². The van der Waals surface area contributed by atoms with Crippen molar-refractivity contribution in [3.8, 4) is 0 Å². The molecule has 1 rings (SSSR count). The number of carbonyl (C=O) groups is 1. The number of hydrogen-bond acceptors (Lipinski definition) is 3. The first-order valence-electron chi connectivity index (χ1n) is 6.78. The Hall–Kier alpha value is -0.660. The minimum absolute atomic E-state index is 0.241. The van der Waals surface area contributed by atoms with Crippen molar-refractivity contribution in [1.29, 1.82) is 0 Å². The molecule has 2 N–H and O–H groups in total. The highest BCUT2D eigenvalue weighted by molar-refractivity contribution is 7.87.